The third-order valence-corrected chi connectivity index (χ3v) is 3.05. The first-order chi connectivity index (χ1) is 10.1. The summed E-state index contributed by atoms with van der Waals surface area (Å²) in [4.78, 5) is 12.3. The fraction of sp³-hybridized carbons (Fsp3) is 0.375. The van der Waals surface area contributed by atoms with Crippen LogP contribution in [0.3, 0.4) is 0 Å². The van der Waals surface area contributed by atoms with Gasteiger partial charge in [0.05, 0.1) is 11.3 Å². The highest BCUT2D eigenvalue weighted by atomic mass is 16.1. The molecule has 0 saturated carbocycles. The van der Waals surface area contributed by atoms with Gasteiger partial charge >= 0.3 is 0 Å². The van der Waals surface area contributed by atoms with Crippen LogP contribution in [0.4, 0.5) is 5.69 Å². The van der Waals surface area contributed by atoms with Crippen LogP contribution >= 0.6 is 0 Å². The van der Waals surface area contributed by atoms with Crippen LogP contribution in [0.15, 0.2) is 36.5 Å². The van der Waals surface area contributed by atoms with Gasteiger partial charge in [0.1, 0.15) is 0 Å². The number of rotatable bonds is 6. The van der Waals surface area contributed by atoms with Crippen LogP contribution in [0.5, 0.6) is 0 Å². The zero-order chi connectivity index (χ0) is 15.2. The monoisotopic (exact) mass is 286 g/mol. The van der Waals surface area contributed by atoms with Gasteiger partial charge in [-0.25, -0.2) is 0 Å². The van der Waals surface area contributed by atoms with Crippen LogP contribution < -0.4 is 10.6 Å². The molecule has 0 atom stereocenters. The van der Waals surface area contributed by atoms with E-state index in [1.54, 1.807) is 4.68 Å². The smallest absolute Gasteiger partial charge is 0.253 e. The molecule has 1 aromatic heterocycles. The Morgan fingerprint density at radius 3 is 2.71 bits per heavy atom. The van der Waals surface area contributed by atoms with E-state index in [0.717, 1.165) is 17.8 Å². The number of aromatic nitrogens is 2. The summed E-state index contributed by atoms with van der Waals surface area (Å²) in [5.41, 5.74) is 2.52. The number of hydrogen-bond donors (Lipinski definition) is 2. The van der Waals surface area contributed by atoms with Crippen LogP contribution in [-0.2, 0) is 13.5 Å². The van der Waals surface area contributed by atoms with Gasteiger partial charge in [-0.1, -0.05) is 12.1 Å². The molecule has 2 rings (SSSR count). The average molecular weight is 286 g/mol. The number of anilines is 1. The third kappa shape index (κ3) is 4.34. The van der Waals surface area contributed by atoms with Crippen molar-refractivity contribution in [2.75, 3.05) is 11.9 Å². The number of nitrogens with one attached hydrogen (secondary N) is 2. The van der Waals surface area contributed by atoms with E-state index in [-0.39, 0.29) is 11.9 Å². The lowest BCUT2D eigenvalue weighted by atomic mass is 10.1. The Hall–Kier alpha value is -2.30. The summed E-state index contributed by atoms with van der Waals surface area (Å²) in [6.07, 6.45) is 2.63. The van der Waals surface area contributed by atoms with Gasteiger partial charge in [-0.05, 0) is 32.0 Å². The van der Waals surface area contributed by atoms with Crippen molar-refractivity contribution >= 4 is 11.6 Å². The van der Waals surface area contributed by atoms with E-state index in [1.807, 2.05) is 43.6 Å². The first-order valence-corrected chi connectivity index (χ1v) is 7.18. The second-order valence-corrected chi connectivity index (χ2v) is 5.33. The molecule has 0 fully saturated rings. The second kappa shape index (κ2) is 6.92. The van der Waals surface area contributed by atoms with Crippen LogP contribution in [0.2, 0.25) is 0 Å². The minimum Gasteiger partial charge on any atom is -0.382 e. The molecule has 1 amide bonds. The summed E-state index contributed by atoms with van der Waals surface area (Å²) >= 11 is 0. The summed E-state index contributed by atoms with van der Waals surface area (Å²) < 4.78 is 1.76. The number of amides is 1. The number of nitrogens with zero attached hydrogens (tertiary/aromatic N) is 2. The minimum absolute atomic E-state index is 0.0605. The average Bonchev–Trinajstić information content (AvgIpc) is 2.84. The van der Waals surface area contributed by atoms with Gasteiger partial charge in [0.25, 0.3) is 5.91 Å². The van der Waals surface area contributed by atoms with Crippen molar-refractivity contribution < 1.29 is 4.79 Å². The lowest BCUT2D eigenvalue weighted by Gasteiger charge is -2.14. The molecule has 0 unspecified atom stereocenters. The zero-order valence-electron chi connectivity index (χ0n) is 12.8. The van der Waals surface area contributed by atoms with E-state index in [2.05, 4.69) is 29.6 Å². The molecule has 0 aliphatic rings. The number of hydrogen-bond acceptors (Lipinski definition) is 3. The summed E-state index contributed by atoms with van der Waals surface area (Å²) in [7, 11) is 1.88. The molecule has 112 valence electrons. The van der Waals surface area contributed by atoms with Crippen molar-refractivity contribution in [3.05, 3.63) is 47.8 Å². The Balaban J connectivity index is 1.94. The number of para-hydroxylation sites is 1. The first kappa shape index (κ1) is 15.1. The molecule has 5 heteroatoms. The van der Waals surface area contributed by atoms with Gasteiger partial charge in [-0.2, -0.15) is 5.10 Å². The highest BCUT2D eigenvalue weighted by Gasteiger charge is 2.11. The molecule has 0 aliphatic carbocycles. The van der Waals surface area contributed by atoms with Gasteiger partial charge in [-0.3, -0.25) is 9.48 Å². The number of carbonyl (C=O) groups excluding carboxylic acids is 1. The van der Waals surface area contributed by atoms with Gasteiger partial charge in [-0.15, -0.1) is 0 Å². The van der Waals surface area contributed by atoms with E-state index < -0.39 is 0 Å². The molecular formula is C16H22N4O. The van der Waals surface area contributed by atoms with E-state index >= 15 is 0 Å². The summed E-state index contributed by atoms with van der Waals surface area (Å²) in [6, 6.07) is 9.80. The van der Waals surface area contributed by atoms with Crippen molar-refractivity contribution in [1.82, 2.24) is 15.1 Å². The maximum Gasteiger partial charge on any atom is 0.253 e. The first-order valence-electron chi connectivity index (χ1n) is 7.18. The maximum absolute atomic E-state index is 12.3. The molecule has 0 spiro atoms. The van der Waals surface area contributed by atoms with E-state index in [0.29, 0.717) is 12.1 Å². The molecule has 0 aliphatic heterocycles. The van der Waals surface area contributed by atoms with E-state index in [4.69, 9.17) is 0 Å². The third-order valence-electron chi connectivity index (χ3n) is 3.05. The second-order valence-electron chi connectivity index (χ2n) is 5.33. The van der Waals surface area contributed by atoms with Gasteiger partial charge in [0, 0.05) is 37.9 Å². The molecule has 5 nitrogen and oxygen atoms in total. The number of benzene rings is 1. The summed E-state index contributed by atoms with van der Waals surface area (Å²) in [6.45, 7) is 4.68. The Morgan fingerprint density at radius 1 is 1.29 bits per heavy atom. The fourth-order valence-corrected chi connectivity index (χ4v) is 2.11. The largest absolute Gasteiger partial charge is 0.382 e. The van der Waals surface area contributed by atoms with Crippen molar-refractivity contribution in [3.8, 4) is 0 Å². The molecule has 2 N–H and O–H groups in total. The summed E-state index contributed by atoms with van der Waals surface area (Å²) in [5, 5.41) is 10.5. The Morgan fingerprint density at radius 2 is 2.05 bits per heavy atom. The summed E-state index contributed by atoms with van der Waals surface area (Å²) in [5.74, 6) is -0.0605. The van der Waals surface area contributed by atoms with Crippen molar-refractivity contribution in [2.24, 2.45) is 7.05 Å². The quantitative estimate of drug-likeness (QED) is 0.856. The van der Waals surface area contributed by atoms with Gasteiger partial charge < -0.3 is 10.6 Å². The predicted octanol–water partition coefficient (Wildman–Crippen LogP) is 2.21. The predicted molar refractivity (Wildman–Crippen MR) is 84.4 cm³/mol. The minimum atomic E-state index is -0.0605. The molecule has 2 aromatic rings. The molecule has 0 saturated heterocycles. The standard InChI is InChI=1S/C16H22N4O/c1-12(2)18-15-7-5-4-6-14(15)16(21)17-10-8-13-9-11-20(3)19-13/h4-7,9,11-12,18H,8,10H2,1-3H3,(H,17,21). The maximum atomic E-state index is 12.3. The van der Waals surface area contributed by atoms with Crippen LogP contribution in [0, 0.1) is 0 Å². The lowest BCUT2D eigenvalue weighted by molar-refractivity contribution is 0.0955. The Labute approximate surface area is 125 Å². The SMILES string of the molecule is CC(C)Nc1ccccc1C(=O)NCCc1ccn(C)n1. The van der Waals surface area contributed by atoms with E-state index in [9.17, 15) is 4.79 Å². The molecule has 0 bridgehead atoms. The normalized spacial score (nSPS) is 10.7. The highest BCUT2D eigenvalue weighted by molar-refractivity contribution is 5.99. The Kier molecular flexibility index (Phi) is 4.98. The van der Waals surface area contributed by atoms with Crippen molar-refractivity contribution in [1.29, 1.82) is 0 Å². The highest BCUT2D eigenvalue weighted by Crippen LogP contribution is 2.15. The molecule has 21 heavy (non-hydrogen) atoms. The van der Waals surface area contributed by atoms with E-state index in [1.165, 1.54) is 0 Å². The van der Waals surface area contributed by atoms with Gasteiger partial charge in [0.2, 0.25) is 0 Å². The zero-order valence-corrected chi connectivity index (χ0v) is 12.8. The van der Waals surface area contributed by atoms with Crippen molar-refractivity contribution in [3.63, 3.8) is 0 Å². The lowest BCUT2D eigenvalue weighted by Crippen LogP contribution is -2.27. The van der Waals surface area contributed by atoms with Crippen LogP contribution in [0.1, 0.15) is 29.9 Å². The van der Waals surface area contributed by atoms with Crippen LogP contribution in [0.25, 0.3) is 0 Å². The molecule has 1 heterocycles. The Bertz CT molecular complexity index is 604. The number of aryl methyl sites for hydroxylation is 1. The topological polar surface area (TPSA) is 59.0 Å². The number of carbonyl (C=O) groups is 1. The van der Waals surface area contributed by atoms with Crippen molar-refractivity contribution in [2.45, 2.75) is 26.3 Å². The van der Waals surface area contributed by atoms with Gasteiger partial charge in [0.15, 0.2) is 0 Å². The fourth-order valence-electron chi connectivity index (χ4n) is 2.11. The molecule has 1 aromatic carbocycles. The molecular weight excluding hydrogens is 264 g/mol. The van der Waals surface area contributed by atoms with Crippen LogP contribution in [-0.4, -0.2) is 28.3 Å². The molecule has 0 radical (unpaired) electrons.